The van der Waals surface area contributed by atoms with E-state index in [0.717, 1.165) is 33.2 Å². The summed E-state index contributed by atoms with van der Waals surface area (Å²) in [5.74, 6) is 0. The first-order chi connectivity index (χ1) is 9.20. The highest BCUT2D eigenvalue weighted by Gasteiger charge is 2.41. The van der Waals surface area contributed by atoms with Crippen LogP contribution in [0.4, 0.5) is 5.13 Å². The first kappa shape index (κ1) is 11.9. The summed E-state index contributed by atoms with van der Waals surface area (Å²) in [7, 11) is 0. The molecule has 1 N–H and O–H groups in total. The fraction of sp³-hybridized carbons (Fsp3) is 0.500. The van der Waals surface area contributed by atoms with Crippen LogP contribution in [0, 0.1) is 0 Å². The predicted octanol–water partition coefficient (Wildman–Crippen LogP) is 3.44. The molecule has 19 heavy (non-hydrogen) atoms. The summed E-state index contributed by atoms with van der Waals surface area (Å²) in [6.45, 7) is 0. The van der Waals surface area contributed by atoms with Gasteiger partial charge in [-0.15, -0.1) is 0 Å². The minimum absolute atomic E-state index is 0.127. The molecule has 1 aromatic carbocycles. The zero-order valence-corrected chi connectivity index (χ0v) is 12.0. The van der Waals surface area contributed by atoms with Gasteiger partial charge in [0.05, 0.1) is 16.3 Å². The molecule has 2 unspecified atom stereocenters. The number of aliphatic hydroxyl groups excluding tert-OH is 1. The van der Waals surface area contributed by atoms with Crippen molar-refractivity contribution >= 4 is 38.3 Å². The van der Waals surface area contributed by atoms with Crippen molar-refractivity contribution < 1.29 is 5.11 Å². The molecule has 100 valence electrons. The first-order valence-corrected chi connectivity index (χ1v) is 7.92. The fourth-order valence-electron chi connectivity index (χ4n) is 3.46. The molecule has 4 rings (SSSR count). The first-order valence-electron chi connectivity index (χ1n) is 6.73. The highest BCUT2D eigenvalue weighted by atomic mass is 35.5. The molecule has 2 aromatic rings. The summed E-state index contributed by atoms with van der Waals surface area (Å²) in [6.07, 6.45) is 3.99. The highest BCUT2D eigenvalue weighted by molar-refractivity contribution is 7.22. The molecule has 0 amide bonds. The van der Waals surface area contributed by atoms with Gasteiger partial charge in [-0.2, -0.15) is 0 Å². The molecule has 2 bridgehead atoms. The summed E-state index contributed by atoms with van der Waals surface area (Å²) in [6, 6.07) is 6.79. The number of anilines is 1. The minimum atomic E-state index is -0.127. The van der Waals surface area contributed by atoms with Crippen LogP contribution >= 0.6 is 22.9 Å². The summed E-state index contributed by atoms with van der Waals surface area (Å²) in [4.78, 5) is 7.18. The molecule has 1 aromatic heterocycles. The number of aliphatic hydroxyl groups is 1. The molecule has 2 saturated heterocycles. The number of rotatable bonds is 1. The molecule has 2 aliphatic rings. The zero-order chi connectivity index (χ0) is 13.0. The van der Waals surface area contributed by atoms with E-state index in [-0.39, 0.29) is 6.10 Å². The molecule has 3 heterocycles. The molecule has 0 radical (unpaired) electrons. The Kier molecular flexibility index (Phi) is 2.72. The smallest absolute Gasteiger partial charge is 0.186 e. The largest absolute Gasteiger partial charge is 0.393 e. The number of benzene rings is 1. The maximum absolute atomic E-state index is 9.87. The maximum Gasteiger partial charge on any atom is 0.186 e. The standard InChI is InChI=1S/C14H15ClN2OS/c15-8-1-4-12-13(5-8)19-14(16-12)17-9-2-3-10(17)7-11(18)6-9/h1,4-5,9-11,18H,2-3,6-7H2. The lowest BCUT2D eigenvalue weighted by Gasteiger charge is -2.36. The predicted molar refractivity (Wildman–Crippen MR) is 79.2 cm³/mol. The number of piperidine rings is 1. The van der Waals surface area contributed by atoms with E-state index in [9.17, 15) is 5.11 Å². The molecular weight excluding hydrogens is 280 g/mol. The molecule has 0 aliphatic carbocycles. The lowest BCUT2D eigenvalue weighted by atomic mass is 10.0. The van der Waals surface area contributed by atoms with Crippen LogP contribution in [0.1, 0.15) is 25.7 Å². The van der Waals surface area contributed by atoms with E-state index in [0.29, 0.717) is 12.1 Å². The SMILES string of the molecule is OC1CC2CCC(C1)N2c1nc2ccc(Cl)cc2s1. The van der Waals surface area contributed by atoms with Crippen LogP contribution in [0.25, 0.3) is 10.2 Å². The number of halogens is 1. The summed E-state index contributed by atoms with van der Waals surface area (Å²) in [5.41, 5.74) is 1.02. The average molecular weight is 295 g/mol. The van der Waals surface area contributed by atoms with Crippen molar-refractivity contribution in [2.45, 2.75) is 43.9 Å². The lowest BCUT2D eigenvalue weighted by Crippen LogP contribution is -2.44. The van der Waals surface area contributed by atoms with E-state index < -0.39 is 0 Å². The van der Waals surface area contributed by atoms with E-state index in [1.54, 1.807) is 11.3 Å². The van der Waals surface area contributed by atoms with Crippen LogP contribution in [0.3, 0.4) is 0 Å². The van der Waals surface area contributed by atoms with Gasteiger partial charge in [-0.25, -0.2) is 4.98 Å². The van der Waals surface area contributed by atoms with Gasteiger partial charge in [0.15, 0.2) is 5.13 Å². The Morgan fingerprint density at radius 1 is 1.26 bits per heavy atom. The number of fused-ring (bicyclic) bond motifs is 3. The van der Waals surface area contributed by atoms with Crippen molar-refractivity contribution in [3.05, 3.63) is 23.2 Å². The maximum atomic E-state index is 9.87. The molecule has 3 nitrogen and oxygen atoms in total. The van der Waals surface area contributed by atoms with E-state index in [4.69, 9.17) is 16.6 Å². The topological polar surface area (TPSA) is 36.4 Å². The molecule has 2 fully saturated rings. The monoisotopic (exact) mass is 294 g/mol. The molecular formula is C14H15ClN2OS. The number of hydrogen-bond acceptors (Lipinski definition) is 4. The van der Waals surface area contributed by atoms with Gasteiger partial charge in [0.25, 0.3) is 0 Å². The zero-order valence-electron chi connectivity index (χ0n) is 10.4. The van der Waals surface area contributed by atoms with Gasteiger partial charge in [-0.1, -0.05) is 22.9 Å². The molecule has 2 atom stereocenters. The Morgan fingerprint density at radius 2 is 2.00 bits per heavy atom. The normalized spacial score (nSPS) is 30.2. The van der Waals surface area contributed by atoms with Gasteiger partial charge in [-0.05, 0) is 43.9 Å². The molecule has 0 spiro atoms. The Bertz CT molecular complexity index is 615. The van der Waals surface area contributed by atoms with Crippen molar-refractivity contribution in [1.82, 2.24) is 4.98 Å². The fourth-order valence-corrected chi connectivity index (χ4v) is 4.84. The second-order valence-corrected chi connectivity index (χ2v) is 6.97. The van der Waals surface area contributed by atoms with E-state index in [2.05, 4.69) is 4.90 Å². The summed E-state index contributed by atoms with van der Waals surface area (Å²) < 4.78 is 1.15. The quantitative estimate of drug-likeness (QED) is 0.875. The Hall–Kier alpha value is -0.840. The number of thiazole rings is 1. The minimum Gasteiger partial charge on any atom is -0.393 e. The van der Waals surface area contributed by atoms with Crippen molar-refractivity contribution in [2.75, 3.05) is 4.90 Å². The van der Waals surface area contributed by atoms with E-state index in [1.165, 1.54) is 12.8 Å². The van der Waals surface area contributed by atoms with Crippen molar-refractivity contribution in [3.8, 4) is 0 Å². The summed E-state index contributed by atoms with van der Waals surface area (Å²) in [5, 5.41) is 11.7. The number of aromatic nitrogens is 1. The van der Waals surface area contributed by atoms with Gasteiger partial charge in [0.2, 0.25) is 0 Å². The molecule has 0 saturated carbocycles. The summed E-state index contributed by atoms with van der Waals surface area (Å²) >= 11 is 7.75. The van der Waals surface area contributed by atoms with E-state index in [1.807, 2.05) is 18.2 Å². The average Bonchev–Trinajstić information content (AvgIpc) is 2.88. The van der Waals surface area contributed by atoms with Crippen LogP contribution in [0.15, 0.2) is 18.2 Å². The Labute approximate surface area is 120 Å². The van der Waals surface area contributed by atoms with Gasteiger partial charge in [0.1, 0.15) is 0 Å². The third-order valence-corrected chi connectivity index (χ3v) is 5.53. The Balaban J connectivity index is 1.74. The van der Waals surface area contributed by atoms with Crippen molar-refractivity contribution in [3.63, 3.8) is 0 Å². The highest BCUT2D eigenvalue weighted by Crippen LogP contribution is 2.42. The van der Waals surface area contributed by atoms with Gasteiger partial charge in [0, 0.05) is 17.1 Å². The van der Waals surface area contributed by atoms with Crippen LogP contribution in [-0.4, -0.2) is 28.3 Å². The number of hydrogen-bond donors (Lipinski definition) is 1. The number of nitrogens with zero attached hydrogens (tertiary/aromatic N) is 2. The second-order valence-electron chi connectivity index (χ2n) is 5.53. The molecule has 2 aliphatic heterocycles. The third kappa shape index (κ3) is 1.93. The van der Waals surface area contributed by atoms with Crippen LogP contribution in [-0.2, 0) is 0 Å². The van der Waals surface area contributed by atoms with Gasteiger partial charge >= 0.3 is 0 Å². The van der Waals surface area contributed by atoms with E-state index >= 15 is 0 Å². The lowest BCUT2D eigenvalue weighted by molar-refractivity contribution is 0.126. The van der Waals surface area contributed by atoms with Crippen molar-refractivity contribution in [1.29, 1.82) is 0 Å². The van der Waals surface area contributed by atoms with Crippen LogP contribution in [0.5, 0.6) is 0 Å². The van der Waals surface area contributed by atoms with Crippen LogP contribution < -0.4 is 4.90 Å². The van der Waals surface area contributed by atoms with Crippen molar-refractivity contribution in [2.24, 2.45) is 0 Å². The van der Waals surface area contributed by atoms with Gasteiger partial charge < -0.3 is 10.0 Å². The van der Waals surface area contributed by atoms with Gasteiger partial charge in [-0.3, -0.25) is 0 Å². The Morgan fingerprint density at radius 3 is 2.74 bits per heavy atom. The van der Waals surface area contributed by atoms with Crippen LogP contribution in [0.2, 0.25) is 5.02 Å². The third-order valence-electron chi connectivity index (χ3n) is 4.27. The molecule has 5 heteroatoms. The second kappa shape index (κ2) is 4.33.